The summed E-state index contributed by atoms with van der Waals surface area (Å²) in [6.45, 7) is 12.4. The van der Waals surface area contributed by atoms with E-state index in [1.165, 1.54) is 18.1 Å². The fourth-order valence-electron chi connectivity index (χ4n) is 3.49. The lowest BCUT2D eigenvalue weighted by Crippen LogP contribution is -2.20. The van der Waals surface area contributed by atoms with Gasteiger partial charge in [0.1, 0.15) is 6.10 Å². The van der Waals surface area contributed by atoms with Crippen molar-refractivity contribution in [2.45, 2.75) is 91.5 Å². The minimum atomic E-state index is -0.216. The maximum absolute atomic E-state index is 11.6. The number of hydrogen-bond acceptors (Lipinski definition) is 3. The van der Waals surface area contributed by atoms with Gasteiger partial charge in [0.05, 0.1) is 11.7 Å². The Labute approximate surface area is 153 Å². The van der Waals surface area contributed by atoms with Crippen LogP contribution in [0.25, 0.3) is 0 Å². The van der Waals surface area contributed by atoms with Crippen LogP contribution in [0.4, 0.5) is 0 Å². The van der Waals surface area contributed by atoms with E-state index < -0.39 is 0 Å². The number of ether oxygens (including phenoxy) is 2. The number of rotatable bonds is 2. The van der Waals surface area contributed by atoms with Crippen LogP contribution in [0, 0.1) is 5.92 Å². The minimum absolute atomic E-state index is 0.0248. The number of fused-ring (bicyclic) bond motifs is 1. The Kier molecular flexibility index (Phi) is 6.67. The molecule has 25 heavy (non-hydrogen) atoms. The molecule has 0 bridgehead atoms. The molecule has 0 unspecified atom stereocenters. The maximum atomic E-state index is 11.6. The van der Waals surface area contributed by atoms with Crippen LogP contribution >= 0.6 is 0 Å². The number of carbonyl (C=O) groups excluding carboxylic acids is 1. The summed E-state index contributed by atoms with van der Waals surface area (Å²) in [5.74, 6) is 0.212. The second-order valence-corrected chi connectivity index (χ2v) is 8.16. The molecule has 1 aliphatic carbocycles. The zero-order valence-electron chi connectivity index (χ0n) is 16.7. The van der Waals surface area contributed by atoms with Crippen molar-refractivity contribution in [1.29, 1.82) is 0 Å². The smallest absolute Gasteiger partial charge is 0.303 e. The van der Waals surface area contributed by atoms with Gasteiger partial charge in [0.15, 0.2) is 0 Å². The van der Waals surface area contributed by atoms with Gasteiger partial charge in [0, 0.05) is 13.3 Å². The molecule has 140 valence electrons. The first-order valence-electron chi connectivity index (χ1n) is 9.59. The Balaban J connectivity index is 2.27. The zero-order chi connectivity index (χ0) is 18.6. The molecule has 3 atom stereocenters. The van der Waals surface area contributed by atoms with Gasteiger partial charge in [0.2, 0.25) is 0 Å². The fourth-order valence-corrected chi connectivity index (χ4v) is 3.49. The summed E-state index contributed by atoms with van der Waals surface area (Å²) in [6.07, 6.45) is 11.8. The fraction of sp³-hybridized carbons (Fsp3) is 0.682. The van der Waals surface area contributed by atoms with E-state index in [4.69, 9.17) is 9.47 Å². The predicted octanol–water partition coefficient (Wildman–Crippen LogP) is 5.51. The molecule has 2 rings (SSSR count). The highest BCUT2D eigenvalue weighted by Gasteiger charge is 2.50. The van der Waals surface area contributed by atoms with E-state index >= 15 is 0 Å². The van der Waals surface area contributed by atoms with Gasteiger partial charge in [-0.05, 0) is 57.9 Å². The summed E-state index contributed by atoms with van der Waals surface area (Å²) in [5.41, 5.74) is 3.87. The van der Waals surface area contributed by atoms with Crippen molar-refractivity contribution < 1.29 is 14.3 Å². The second kappa shape index (κ2) is 8.35. The van der Waals surface area contributed by atoms with Crippen molar-refractivity contribution in [2.75, 3.05) is 0 Å². The van der Waals surface area contributed by atoms with Crippen molar-refractivity contribution in [3.63, 3.8) is 0 Å². The van der Waals surface area contributed by atoms with Gasteiger partial charge in [-0.25, -0.2) is 0 Å². The molecule has 0 N–H and O–H groups in total. The first-order chi connectivity index (χ1) is 11.7. The van der Waals surface area contributed by atoms with Gasteiger partial charge >= 0.3 is 5.97 Å². The molecule has 1 heterocycles. The number of allylic oxidation sites excluding steroid dienone is 4. The van der Waals surface area contributed by atoms with Gasteiger partial charge < -0.3 is 9.47 Å². The average Bonchev–Trinajstić information content (AvgIpc) is 3.16. The highest BCUT2D eigenvalue weighted by Crippen LogP contribution is 2.43. The van der Waals surface area contributed by atoms with Crippen LogP contribution in [-0.4, -0.2) is 23.8 Å². The van der Waals surface area contributed by atoms with Crippen LogP contribution in [0.1, 0.15) is 73.6 Å². The number of esters is 1. The third kappa shape index (κ3) is 5.85. The van der Waals surface area contributed by atoms with Gasteiger partial charge in [0.25, 0.3) is 0 Å². The van der Waals surface area contributed by atoms with E-state index in [-0.39, 0.29) is 17.7 Å². The lowest BCUT2D eigenvalue weighted by atomic mass is 9.91. The quantitative estimate of drug-likeness (QED) is 0.376. The first kappa shape index (κ1) is 20.0. The second-order valence-electron chi connectivity index (χ2n) is 8.16. The largest absolute Gasteiger partial charge is 0.458 e. The number of carbonyl (C=O) groups is 1. The minimum Gasteiger partial charge on any atom is -0.458 e. The topological polar surface area (TPSA) is 38.8 Å². The van der Waals surface area contributed by atoms with E-state index in [0.717, 1.165) is 37.7 Å². The third-order valence-corrected chi connectivity index (χ3v) is 5.50. The molecule has 0 radical (unpaired) electrons. The number of hydrogen-bond donors (Lipinski definition) is 0. The Hall–Kier alpha value is -1.35. The molecule has 0 aromatic heterocycles. The molecule has 1 fully saturated rings. The van der Waals surface area contributed by atoms with Gasteiger partial charge in [-0.2, -0.15) is 0 Å². The van der Waals surface area contributed by atoms with Crippen LogP contribution in [0.2, 0.25) is 0 Å². The number of epoxide rings is 1. The highest BCUT2D eigenvalue weighted by atomic mass is 16.6. The molecule has 1 saturated heterocycles. The zero-order valence-corrected chi connectivity index (χ0v) is 16.7. The molecule has 0 aromatic rings. The summed E-state index contributed by atoms with van der Waals surface area (Å²) in [7, 11) is 0. The Bertz CT molecular complexity index is 582. The SMILES string of the molecule is CC(=O)O[C@H]1C/C(C(C)C)=C\C=C(/C)CC[C@H]2O[C@]2(C)CC/C=C/1C. The lowest BCUT2D eigenvalue weighted by molar-refractivity contribution is -0.144. The Morgan fingerprint density at radius 3 is 2.68 bits per heavy atom. The molecule has 1 aliphatic heterocycles. The molecule has 3 nitrogen and oxygen atoms in total. The normalized spacial score (nSPS) is 37.5. The summed E-state index contributed by atoms with van der Waals surface area (Å²) in [5, 5.41) is 0. The van der Waals surface area contributed by atoms with E-state index in [0.29, 0.717) is 12.0 Å². The summed E-state index contributed by atoms with van der Waals surface area (Å²) in [4.78, 5) is 11.6. The molecule has 0 saturated carbocycles. The van der Waals surface area contributed by atoms with Gasteiger partial charge in [-0.15, -0.1) is 0 Å². The summed E-state index contributed by atoms with van der Waals surface area (Å²) in [6, 6.07) is 0. The van der Waals surface area contributed by atoms with Crippen LogP contribution < -0.4 is 0 Å². The van der Waals surface area contributed by atoms with Crippen LogP contribution in [-0.2, 0) is 14.3 Å². The van der Waals surface area contributed by atoms with Crippen LogP contribution in [0.5, 0.6) is 0 Å². The predicted molar refractivity (Wildman–Crippen MR) is 102 cm³/mol. The van der Waals surface area contributed by atoms with Crippen molar-refractivity contribution in [1.82, 2.24) is 0 Å². The van der Waals surface area contributed by atoms with Crippen molar-refractivity contribution in [3.8, 4) is 0 Å². The van der Waals surface area contributed by atoms with Gasteiger partial charge in [-0.3, -0.25) is 4.79 Å². The maximum Gasteiger partial charge on any atom is 0.303 e. The average molecular weight is 347 g/mol. The standard InChI is InChI=1S/C22H34O3/c1-15(2)19-11-9-16(3)10-12-21-22(6,25-21)13-7-8-17(4)20(14-19)24-18(5)23/h8-9,11,15,20-21H,7,10,12-14H2,1-6H3/b16-9+,17-8+,19-11+/t20-,21+,22+/m0/s1. The van der Waals surface area contributed by atoms with E-state index in [1.807, 2.05) is 0 Å². The molecular formula is C22H34O3. The molecule has 2 aliphatic rings. The third-order valence-electron chi connectivity index (χ3n) is 5.50. The highest BCUT2D eigenvalue weighted by molar-refractivity contribution is 5.66. The van der Waals surface area contributed by atoms with E-state index in [1.54, 1.807) is 0 Å². The van der Waals surface area contributed by atoms with Crippen molar-refractivity contribution >= 4 is 5.97 Å². The monoisotopic (exact) mass is 346 g/mol. The summed E-state index contributed by atoms with van der Waals surface area (Å²) < 4.78 is 11.6. The van der Waals surface area contributed by atoms with E-state index in [9.17, 15) is 4.79 Å². The Morgan fingerprint density at radius 2 is 2.04 bits per heavy atom. The molecule has 0 amide bonds. The van der Waals surface area contributed by atoms with Crippen molar-refractivity contribution in [2.24, 2.45) is 5.92 Å². The molecule has 0 aromatic carbocycles. The molecular weight excluding hydrogens is 312 g/mol. The van der Waals surface area contributed by atoms with Gasteiger partial charge in [-0.1, -0.05) is 43.2 Å². The first-order valence-corrected chi connectivity index (χ1v) is 9.59. The summed E-state index contributed by atoms with van der Waals surface area (Å²) >= 11 is 0. The molecule has 0 spiro atoms. The lowest BCUT2D eigenvalue weighted by Gasteiger charge is -2.22. The van der Waals surface area contributed by atoms with Crippen LogP contribution in [0.3, 0.4) is 0 Å². The van der Waals surface area contributed by atoms with E-state index in [2.05, 4.69) is 52.8 Å². The van der Waals surface area contributed by atoms with Crippen molar-refractivity contribution in [3.05, 3.63) is 34.9 Å². The molecule has 3 heteroatoms. The Morgan fingerprint density at radius 1 is 1.32 bits per heavy atom. The van der Waals surface area contributed by atoms with Crippen LogP contribution in [0.15, 0.2) is 34.9 Å².